The van der Waals surface area contributed by atoms with Crippen molar-refractivity contribution in [3.63, 3.8) is 0 Å². The normalized spacial score (nSPS) is 21.0. The quantitative estimate of drug-likeness (QED) is 0.733. The Hall–Kier alpha value is -1.10. The molecule has 1 fully saturated rings. The summed E-state index contributed by atoms with van der Waals surface area (Å²) < 4.78 is 0. The molecule has 0 aromatic rings. The van der Waals surface area contributed by atoms with Crippen LogP contribution in [0.4, 0.5) is 0 Å². The number of carboxylic acids is 1. The summed E-state index contributed by atoms with van der Waals surface area (Å²) in [6.07, 6.45) is 1.70. The molecule has 0 aromatic carbocycles. The number of carbonyl (C=O) groups excluding carboxylic acids is 1. The van der Waals surface area contributed by atoms with Crippen molar-refractivity contribution in [3.05, 3.63) is 0 Å². The second-order valence-electron chi connectivity index (χ2n) is 4.59. The van der Waals surface area contributed by atoms with Crippen LogP contribution in [0.5, 0.6) is 0 Å². The van der Waals surface area contributed by atoms with Crippen molar-refractivity contribution < 1.29 is 14.7 Å². The Morgan fingerprint density at radius 2 is 2.12 bits per heavy atom. The monoisotopic (exact) mass is 228 g/mol. The number of likely N-dealkylation sites (tertiary alicyclic amines) is 1. The second-order valence-corrected chi connectivity index (χ2v) is 4.59. The van der Waals surface area contributed by atoms with Crippen LogP contribution in [0.15, 0.2) is 0 Å². The van der Waals surface area contributed by atoms with E-state index in [0.29, 0.717) is 6.42 Å². The summed E-state index contributed by atoms with van der Waals surface area (Å²) in [5.74, 6) is -0.343. The van der Waals surface area contributed by atoms with Gasteiger partial charge in [0.25, 0.3) is 0 Å². The third kappa shape index (κ3) is 4.18. The van der Waals surface area contributed by atoms with E-state index in [4.69, 9.17) is 5.11 Å². The molecule has 5 heteroatoms. The molecule has 0 spiro atoms. The average Bonchev–Trinajstić information content (AvgIpc) is 2.60. The van der Waals surface area contributed by atoms with Crippen LogP contribution < -0.4 is 0 Å². The highest BCUT2D eigenvalue weighted by Gasteiger charge is 2.24. The fraction of sp³-hybridized carbons (Fsp3) is 0.818. The minimum Gasteiger partial charge on any atom is -0.481 e. The Labute approximate surface area is 96.0 Å². The van der Waals surface area contributed by atoms with E-state index in [9.17, 15) is 9.59 Å². The zero-order valence-corrected chi connectivity index (χ0v) is 9.98. The van der Waals surface area contributed by atoms with Crippen molar-refractivity contribution in [1.82, 2.24) is 9.80 Å². The van der Waals surface area contributed by atoms with E-state index in [0.717, 1.165) is 26.1 Å². The molecular formula is C11H20N2O3. The summed E-state index contributed by atoms with van der Waals surface area (Å²) >= 11 is 0. The van der Waals surface area contributed by atoms with E-state index in [-0.39, 0.29) is 18.2 Å². The summed E-state index contributed by atoms with van der Waals surface area (Å²) in [4.78, 5) is 25.7. The minimum absolute atomic E-state index is 0.127. The van der Waals surface area contributed by atoms with Gasteiger partial charge in [-0.2, -0.15) is 0 Å². The molecule has 1 aliphatic heterocycles. The fourth-order valence-corrected chi connectivity index (χ4v) is 2.01. The molecule has 16 heavy (non-hydrogen) atoms. The van der Waals surface area contributed by atoms with Crippen molar-refractivity contribution in [3.8, 4) is 0 Å². The van der Waals surface area contributed by atoms with E-state index in [1.165, 1.54) is 0 Å². The lowest BCUT2D eigenvalue weighted by Crippen LogP contribution is -2.29. The SMILES string of the molecule is CN(C)C(=O)CCN1CCC(CC(=O)O)C1. The highest BCUT2D eigenvalue weighted by Crippen LogP contribution is 2.19. The summed E-state index contributed by atoms with van der Waals surface area (Å²) in [5.41, 5.74) is 0. The average molecular weight is 228 g/mol. The van der Waals surface area contributed by atoms with Crippen molar-refractivity contribution in [2.75, 3.05) is 33.7 Å². The Morgan fingerprint density at radius 1 is 1.44 bits per heavy atom. The van der Waals surface area contributed by atoms with Gasteiger partial charge in [-0.15, -0.1) is 0 Å². The third-order valence-corrected chi connectivity index (χ3v) is 2.97. The van der Waals surface area contributed by atoms with Gasteiger partial charge >= 0.3 is 5.97 Å². The number of carbonyl (C=O) groups is 2. The molecule has 0 saturated carbocycles. The van der Waals surface area contributed by atoms with Gasteiger partial charge in [0.15, 0.2) is 0 Å². The van der Waals surface area contributed by atoms with Gasteiger partial charge in [-0.25, -0.2) is 0 Å². The molecule has 1 rings (SSSR count). The molecule has 1 amide bonds. The van der Waals surface area contributed by atoms with Gasteiger partial charge in [-0.05, 0) is 18.9 Å². The number of rotatable bonds is 5. The topological polar surface area (TPSA) is 60.9 Å². The summed E-state index contributed by atoms with van der Waals surface area (Å²) in [7, 11) is 3.50. The third-order valence-electron chi connectivity index (χ3n) is 2.97. The molecule has 1 aliphatic rings. The van der Waals surface area contributed by atoms with Crippen LogP contribution in [0.2, 0.25) is 0 Å². The van der Waals surface area contributed by atoms with Crippen molar-refractivity contribution in [2.24, 2.45) is 5.92 Å². The van der Waals surface area contributed by atoms with Crippen LogP contribution >= 0.6 is 0 Å². The smallest absolute Gasteiger partial charge is 0.303 e. The number of carboxylic acid groups (broad SMARTS) is 1. The van der Waals surface area contributed by atoms with Gasteiger partial charge in [0.05, 0.1) is 0 Å². The van der Waals surface area contributed by atoms with Gasteiger partial charge in [0, 0.05) is 40.0 Å². The molecule has 1 saturated heterocycles. The Morgan fingerprint density at radius 3 is 2.69 bits per heavy atom. The van der Waals surface area contributed by atoms with Crippen LogP contribution in [-0.2, 0) is 9.59 Å². The molecule has 1 atom stereocenters. The minimum atomic E-state index is -0.726. The van der Waals surface area contributed by atoms with E-state index in [1.807, 2.05) is 0 Å². The Balaban J connectivity index is 2.21. The van der Waals surface area contributed by atoms with E-state index in [1.54, 1.807) is 19.0 Å². The van der Waals surface area contributed by atoms with Gasteiger partial charge in [0.2, 0.25) is 5.91 Å². The molecule has 92 valence electrons. The number of amides is 1. The Kier molecular flexibility index (Phi) is 4.73. The highest BCUT2D eigenvalue weighted by atomic mass is 16.4. The van der Waals surface area contributed by atoms with Crippen LogP contribution in [0.3, 0.4) is 0 Å². The first-order valence-corrected chi connectivity index (χ1v) is 5.63. The highest BCUT2D eigenvalue weighted by molar-refractivity contribution is 5.75. The summed E-state index contributed by atoms with van der Waals surface area (Å²) in [6, 6.07) is 0. The van der Waals surface area contributed by atoms with Crippen LogP contribution in [-0.4, -0.2) is 60.5 Å². The zero-order chi connectivity index (χ0) is 12.1. The maximum absolute atomic E-state index is 11.4. The van der Waals surface area contributed by atoms with Crippen LogP contribution in [0.1, 0.15) is 19.3 Å². The van der Waals surface area contributed by atoms with E-state index in [2.05, 4.69) is 4.90 Å². The molecule has 0 radical (unpaired) electrons. The molecule has 1 N–H and O–H groups in total. The van der Waals surface area contributed by atoms with E-state index >= 15 is 0 Å². The molecule has 1 heterocycles. The number of aliphatic carboxylic acids is 1. The summed E-state index contributed by atoms with van der Waals surface area (Å²) in [6.45, 7) is 2.47. The lowest BCUT2D eigenvalue weighted by atomic mass is 10.1. The van der Waals surface area contributed by atoms with Crippen LogP contribution in [0.25, 0.3) is 0 Å². The van der Waals surface area contributed by atoms with Gasteiger partial charge in [-0.1, -0.05) is 0 Å². The lowest BCUT2D eigenvalue weighted by Gasteiger charge is -2.17. The Bertz CT molecular complexity index is 266. The summed E-state index contributed by atoms with van der Waals surface area (Å²) in [5, 5.41) is 8.67. The zero-order valence-electron chi connectivity index (χ0n) is 9.98. The maximum Gasteiger partial charge on any atom is 0.303 e. The predicted octanol–water partition coefficient (Wildman–Crippen LogP) is 0.261. The fourth-order valence-electron chi connectivity index (χ4n) is 2.01. The first kappa shape index (κ1) is 13.0. The molecule has 0 aliphatic carbocycles. The van der Waals surface area contributed by atoms with Gasteiger partial charge in [-0.3, -0.25) is 9.59 Å². The molecule has 1 unspecified atom stereocenters. The molecule has 0 bridgehead atoms. The lowest BCUT2D eigenvalue weighted by molar-refractivity contribution is -0.138. The van der Waals surface area contributed by atoms with Crippen LogP contribution in [0, 0.1) is 5.92 Å². The standard InChI is InChI=1S/C11H20N2O3/c1-12(2)10(14)4-6-13-5-3-9(8-13)7-11(15)16/h9H,3-8H2,1-2H3,(H,15,16). The maximum atomic E-state index is 11.4. The molecule has 5 nitrogen and oxygen atoms in total. The number of hydrogen-bond donors (Lipinski definition) is 1. The number of hydrogen-bond acceptors (Lipinski definition) is 3. The van der Waals surface area contributed by atoms with Crippen molar-refractivity contribution in [1.29, 1.82) is 0 Å². The van der Waals surface area contributed by atoms with Gasteiger partial charge in [0.1, 0.15) is 0 Å². The number of nitrogens with zero attached hydrogens (tertiary/aromatic N) is 2. The van der Waals surface area contributed by atoms with Gasteiger partial charge < -0.3 is 14.9 Å². The molecule has 0 aromatic heterocycles. The first-order valence-electron chi connectivity index (χ1n) is 5.63. The van der Waals surface area contributed by atoms with Crippen molar-refractivity contribution in [2.45, 2.75) is 19.3 Å². The first-order chi connectivity index (χ1) is 7.49. The largest absolute Gasteiger partial charge is 0.481 e. The van der Waals surface area contributed by atoms with Crippen molar-refractivity contribution >= 4 is 11.9 Å². The molecular weight excluding hydrogens is 208 g/mol. The predicted molar refractivity (Wildman–Crippen MR) is 60.1 cm³/mol. The second kappa shape index (κ2) is 5.84. The van der Waals surface area contributed by atoms with E-state index < -0.39 is 5.97 Å².